The van der Waals surface area contributed by atoms with Crippen molar-refractivity contribution in [2.45, 2.75) is 0 Å². The van der Waals surface area contributed by atoms with Crippen LogP contribution in [-0.2, 0) is 9.59 Å². The number of carbonyl (C=O) groups excluding carboxylic acids is 4. The van der Waals surface area contributed by atoms with Gasteiger partial charge >= 0.3 is 23.8 Å². The smallest absolute Gasteiger partial charge is 0.412 e. The minimum atomic E-state index is -0.691. The minimum Gasteiger partial charge on any atom is -0.412 e. The van der Waals surface area contributed by atoms with Gasteiger partial charge in [0.15, 0.2) is 11.5 Å². The van der Waals surface area contributed by atoms with Crippen molar-refractivity contribution in [3.8, 4) is 11.1 Å². The third-order valence-electron chi connectivity index (χ3n) is 5.48. The number of urea groups is 2. The highest BCUT2D eigenvalue weighted by molar-refractivity contribution is 6.02. The maximum absolute atomic E-state index is 11.1. The fourth-order valence-corrected chi connectivity index (χ4v) is 3.41. The van der Waals surface area contributed by atoms with Crippen molar-refractivity contribution in [3.63, 3.8) is 0 Å². The molecule has 250 valence electrons. The van der Waals surface area contributed by atoms with E-state index in [1.165, 1.54) is 23.3 Å². The summed E-state index contributed by atoms with van der Waals surface area (Å²) >= 11 is 0. The van der Waals surface area contributed by atoms with E-state index in [1.807, 2.05) is 34.9 Å². The number of amides is 6. The SMILES string of the molecule is O.O.O=C1CN(/N=C/c2ccc([N+](=O)[O-])o2)C(=O)N1.O=C1CN(/N=C/c2ccc([N+](=O)[O-])o2)C(=O)N1.c1cc(-c2ccncc2)ccn1. The number of hydrazone groups is 2. The van der Waals surface area contributed by atoms with Gasteiger partial charge in [-0.15, -0.1) is 0 Å². The number of hydrogen-bond donors (Lipinski definition) is 2. The van der Waals surface area contributed by atoms with E-state index < -0.39 is 45.5 Å². The Morgan fingerprint density at radius 2 is 1.00 bits per heavy atom. The molecule has 0 atom stereocenters. The van der Waals surface area contributed by atoms with Gasteiger partial charge in [-0.2, -0.15) is 10.2 Å². The van der Waals surface area contributed by atoms with Gasteiger partial charge in [-0.1, -0.05) is 0 Å². The molecule has 0 bridgehead atoms. The van der Waals surface area contributed by atoms with Crippen LogP contribution in [-0.4, -0.2) is 90.2 Å². The van der Waals surface area contributed by atoms with E-state index in [0.717, 1.165) is 34.6 Å². The molecule has 22 nitrogen and oxygen atoms in total. The van der Waals surface area contributed by atoms with Crippen LogP contribution in [0.2, 0.25) is 0 Å². The number of furan rings is 2. The van der Waals surface area contributed by atoms with Crippen LogP contribution in [0, 0.1) is 20.2 Å². The standard InChI is InChI=1S/C10H8N2.2C8H6N4O5.2H2O/c1-5-11-6-2-9(1)10-3-7-12-8-4-10;2*13-6-4-11(8(14)10-6)9-3-5-1-2-7(17-5)12(15)16;;/h1-8H;2*1-3H,4H2,(H,10,13,14);2*1H2/b;2*9-3+;;. The first-order valence-corrected chi connectivity index (χ1v) is 12.7. The first kappa shape index (κ1) is 37.0. The molecule has 2 aliphatic heterocycles. The zero-order chi connectivity index (χ0) is 33.1. The third-order valence-corrected chi connectivity index (χ3v) is 5.48. The lowest BCUT2D eigenvalue weighted by Crippen LogP contribution is -2.24. The number of nitrogens with one attached hydrogen (secondary N) is 2. The van der Waals surface area contributed by atoms with E-state index in [1.54, 1.807) is 24.8 Å². The monoisotopic (exact) mass is 668 g/mol. The lowest BCUT2D eigenvalue weighted by Gasteiger charge is -2.02. The first-order valence-electron chi connectivity index (χ1n) is 12.7. The van der Waals surface area contributed by atoms with Crippen molar-refractivity contribution in [2.75, 3.05) is 13.1 Å². The van der Waals surface area contributed by atoms with Crippen LogP contribution >= 0.6 is 0 Å². The normalized spacial score (nSPS) is 13.5. The molecule has 0 unspecified atom stereocenters. The zero-order valence-electron chi connectivity index (χ0n) is 24.2. The van der Waals surface area contributed by atoms with E-state index in [4.69, 9.17) is 8.83 Å². The first-order chi connectivity index (χ1) is 22.1. The fraction of sp³-hybridized carbons (Fsp3) is 0.0769. The molecule has 6 rings (SSSR count). The van der Waals surface area contributed by atoms with Crippen molar-refractivity contribution < 1.29 is 48.8 Å². The van der Waals surface area contributed by atoms with Crippen molar-refractivity contribution in [3.05, 3.63) is 105 Å². The predicted octanol–water partition coefficient (Wildman–Crippen LogP) is 0.641. The van der Waals surface area contributed by atoms with Gasteiger partial charge < -0.3 is 19.8 Å². The number of nitrogens with zero attached hydrogens (tertiary/aromatic N) is 8. The van der Waals surface area contributed by atoms with Gasteiger partial charge in [-0.25, -0.2) is 19.6 Å². The average Bonchev–Trinajstić information content (AvgIpc) is 3.84. The van der Waals surface area contributed by atoms with Crippen LogP contribution in [0.5, 0.6) is 0 Å². The summed E-state index contributed by atoms with van der Waals surface area (Å²) in [6, 6.07) is 11.6. The van der Waals surface area contributed by atoms with Crippen molar-refractivity contribution in [1.82, 2.24) is 30.6 Å². The molecule has 0 aromatic carbocycles. The van der Waals surface area contributed by atoms with Crippen LogP contribution < -0.4 is 10.6 Å². The highest BCUT2D eigenvalue weighted by Gasteiger charge is 2.27. The molecule has 0 radical (unpaired) electrons. The van der Waals surface area contributed by atoms with Gasteiger partial charge in [-0.3, -0.25) is 50.4 Å². The molecule has 6 amide bonds. The summed E-state index contributed by atoms with van der Waals surface area (Å²) in [7, 11) is 0. The van der Waals surface area contributed by atoms with Crippen LogP contribution in [0.3, 0.4) is 0 Å². The second-order valence-corrected chi connectivity index (χ2v) is 8.65. The highest BCUT2D eigenvalue weighted by Crippen LogP contribution is 2.16. The van der Waals surface area contributed by atoms with Crippen LogP contribution in [0.25, 0.3) is 11.1 Å². The molecule has 0 aliphatic carbocycles. The van der Waals surface area contributed by atoms with Gasteiger partial charge in [0.05, 0.1) is 24.6 Å². The zero-order valence-corrected chi connectivity index (χ0v) is 24.2. The summed E-state index contributed by atoms with van der Waals surface area (Å²) in [6.45, 7) is -0.365. The molecular formula is C26H24N10O12. The number of hydrogen-bond acceptors (Lipinski definition) is 14. The molecule has 4 aromatic heterocycles. The molecule has 2 saturated heterocycles. The summed E-state index contributed by atoms with van der Waals surface area (Å²) in [5, 5.41) is 33.8. The predicted molar refractivity (Wildman–Crippen MR) is 161 cm³/mol. The Bertz CT molecular complexity index is 1680. The van der Waals surface area contributed by atoms with E-state index in [9.17, 15) is 39.4 Å². The molecule has 4 aromatic rings. The second-order valence-electron chi connectivity index (χ2n) is 8.65. The van der Waals surface area contributed by atoms with Gasteiger partial charge in [0.1, 0.15) is 22.9 Å². The lowest BCUT2D eigenvalue weighted by molar-refractivity contribution is -0.402. The minimum absolute atomic E-state index is 0. The van der Waals surface area contributed by atoms with E-state index in [2.05, 4.69) is 20.2 Å². The molecule has 6 heterocycles. The largest absolute Gasteiger partial charge is 0.433 e. The molecule has 2 fully saturated rings. The van der Waals surface area contributed by atoms with Gasteiger partial charge in [0.2, 0.25) is 11.8 Å². The quantitative estimate of drug-likeness (QED) is 0.119. The Morgan fingerprint density at radius 1 is 0.646 bits per heavy atom. The third kappa shape index (κ3) is 10.5. The van der Waals surface area contributed by atoms with Gasteiger partial charge in [0.25, 0.3) is 0 Å². The van der Waals surface area contributed by atoms with E-state index in [-0.39, 0.29) is 35.6 Å². The van der Waals surface area contributed by atoms with Crippen molar-refractivity contribution in [1.29, 1.82) is 0 Å². The van der Waals surface area contributed by atoms with Crippen LogP contribution in [0.15, 0.2) is 92.4 Å². The van der Waals surface area contributed by atoms with Gasteiger partial charge in [-0.05, 0) is 47.5 Å². The Balaban J connectivity index is 0.000000249. The molecule has 6 N–H and O–H groups in total. The summed E-state index contributed by atoms with van der Waals surface area (Å²) < 4.78 is 9.55. The summed E-state index contributed by atoms with van der Waals surface area (Å²) in [5.74, 6) is -1.54. The lowest BCUT2D eigenvalue weighted by atomic mass is 10.1. The maximum Gasteiger partial charge on any atom is 0.433 e. The van der Waals surface area contributed by atoms with E-state index >= 15 is 0 Å². The summed E-state index contributed by atoms with van der Waals surface area (Å²) in [6.07, 6.45) is 9.38. The summed E-state index contributed by atoms with van der Waals surface area (Å²) in [4.78, 5) is 70.9. The molecular weight excluding hydrogens is 644 g/mol. The van der Waals surface area contributed by atoms with Crippen LogP contribution in [0.4, 0.5) is 21.4 Å². The Labute approximate surface area is 267 Å². The Morgan fingerprint density at radius 3 is 1.27 bits per heavy atom. The fourth-order valence-electron chi connectivity index (χ4n) is 3.41. The number of carbonyl (C=O) groups is 4. The molecule has 2 aliphatic rings. The molecule has 0 spiro atoms. The van der Waals surface area contributed by atoms with Crippen molar-refractivity contribution in [2.24, 2.45) is 10.2 Å². The number of nitro groups is 2. The highest BCUT2D eigenvalue weighted by atomic mass is 16.7. The van der Waals surface area contributed by atoms with E-state index in [0.29, 0.717) is 0 Å². The van der Waals surface area contributed by atoms with Crippen LogP contribution in [0.1, 0.15) is 11.5 Å². The number of imide groups is 2. The second kappa shape index (κ2) is 17.3. The Hall–Kier alpha value is -7.20. The number of pyridine rings is 2. The maximum atomic E-state index is 11.1. The molecule has 22 heteroatoms. The number of aromatic nitrogens is 2. The van der Waals surface area contributed by atoms with Gasteiger partial charge in [0, 0.05) is 24.8 Å². The molecule has 48 heavy (non-hydrogen) atoms. The van der Waals surface area contributed by atoms with Crippen molar-refractivity contribution >= 4 is 48.1 Å². The Kier molecular flexibility index (Phi) is 13.4. The average molecular weight is 669 g/mol. The molecule has 0 saturated carbocycles. The topological polar surface area (TPSA) is 325 Å². The summed E-state index contributed by atoms with van der Waals surface area (Å²) in [5.41, 5.74) is 2.35. The number of rotatable bonds is 7.